The number of benzene rings is 2. The van der Waals surface area contributed by atoms with Crippen molar-refractivity contribution in [2.24, 2.45) is 0 Å². The predicted octanol–water partition coefficient (Wildman–Crippen LogP) is 4.36. The van der Waals surface area contributed by atoms with E-state index in [1.807, 2.05) is 6.92 Å². The Morgan fingerprint density at radius 2 is 1.73 bits per heavy atom. The lowest BCUT2D eigenvalue weighted by atomic mass is 10.2. The number of rotatable bonds is 9. The Bertz CT molecular complexity index is 1010. The molecule has 7 nitrogen and oxygen atoms in total. The third-order valence-electron chi connectivity index (χ3n) is 4.01. The van der Waals surface area contributed by atoms with E-state index in [2.05, 4.69) is 5.32 Å². The van der Waals surface area contributed by atoms with Crippen molar-refractivity contribution in [3.8, 4) is 0 Å². The van der Waals surface area contributed by atoms with Crippen molar-refractivity contribution in [2.75, 3.05) is 29.0 Å². The second kappa shape index (κ2) is 10.7. The number of nitrogens with zero attached hydrogens (tertiary/aromatic N) is 1. The van der Waals surface area contributed by atoms with Crippen LogP contribution in [0.15, 0.2) is 42.5 Å². The molecule has 2 rings (SSSR count). The van der Waals surface area contributed by atoms with E-state index in [1.165, 1.54) is 42.5 Å². The van der Waals surface area contributed by atoms with Crippen LogP contribution in [0.1, 0.15) is 30.1 Å². The van der Waals surface area contributed by atoms with Crippen LogP contribution in [0.25, 0.3) is 0 Å². The number of esters is 1. The van der Waals surface area contributed by atoms with Crippen LogP contribution in [0.5, 0.6) is 0 Å². The fourth-order valence-electron chi connectivity index (χ4n) is 2.45. The maximum Gasteiger partial charge on any atom is 0.338 e. The SMILES string of the molecule is CCCCOC(=O)c1ccc(NC(=O)CN(c2ccc(Cl)c(Cl)c2)S(C)(=O)=O)cc1. The van der Waals surface area contributed by atoms with Gasteiger partial charge in [-0.2, -0.15) is 0 Å². The minimum Gasteiger partial charge on any atom is -0.462 e. The van der Waals surface area contributed by atoms with Crippen LogP contribution in [0.3, 0.4) is 0 Å². The Labute approximate surface area is 186 Å². The molecule has 0 saturated heterocycles. The van der Waals surface area contributed by atoms with Crippen LogP contribution in [-0.2, 0) is 19.6 Å². The molecule has 2 aromatic rings. The van der Waals surface area contributed by atoms with Crippen LogP contribution in [0, 0.1) is 0 Å². The molecule has 1 amide bonds. The average molecular weight is 473 g/mol. The van der Waals surface area contributed by atoms with Gasteiger partial charge in [0.15, 0.2) is 0 Å². The Hall–Kier alpha value is -2.29. The van der Waals surface area contributed by atoms with Gasteiger partial charge in [0.25, 0.3) is 0 Å². The normalized spacial score (nSPS) is 11.1. The molecule has 0 heterocycles. The fraction of sp³-hybridized carbons (Fsp3) is 0.300. The second-order valence-electron chi connectivity index (χ2n) is 6.48. The van der Waals surface area contributed by atoms with E-state index in [4.69, 9.17) is 27.9 Å². The lowest BCUT2D eigenvalue weighted by molar-refractivity contribution is -0.114. The number of halogens is 2. The zero-order valence-electron chi connectivity index (χ0n) is 16.5. The van der Waals surface area contributed by atoms with Gasteiger partial charge >= 0.3 is 5.97 Å². The highest BCUT2D eigenvalue weighted by atomic mass is 35.5. The summed E-state index contributed by atoms with van der Waals surface area (Å²) in [4.78, 5) is 24.3. The summed E-state index contributed by atoms with van der Waals surface area (Å²) >= 11 is 11.8. The molecule has 0 aliphatic heterocycles. The molecule has 162 valence electrons. The van der Waals surface area contributed by atoms with Gasteiger partial charge in [-0.1, -0.05) is 36.5 Å². The van der Waals surface area contributed by atoms with E-state index < -0.39 is 28.4 Å². The van der Waals surface area contributed by atoms with Crippen LogP contribution in [-0.4, -0.2) is 39.7 Å². The largest absolute Gasteiger partial charge is 0.462 e. The number of carbonyl (C=O) groups excluding carboxylic acids is 2. The van der Waals surface area contributed by atoms with E-state index in [0.29, 0.717) is 17.9 Å². The van der Waals surface area contributed by atoms with Gasteiger partial charge in [0.1, 0.15) is 6.54 Å². The zero-order chi connectivity index (χ0) is 22.3. The number of hydrogen-bond donors (Lipinski definition) is 1. The molecule has 0 unspecified atom stereocenters. The standard InChI is InChI=1S/C20H22Cl2N2O5S/c1-3-4-11-29-20(26)14-5-7-15(8-6-14)23-19(25)13-24(30(2,27)28)16-9-10-17(21)18(22)12-16/h5-10,12H,3-4,11,13H2,1-2H3,(H,23,25). The summed E-state index contributed by atoms with van der Waals surface area (Å²) in [5.74, 6) is -1.01. The first-order chi connectivity index (χ1) is 14.1. The van der Waals surface area contributed by atoms with Gasteiger partial charge in [-0.15, -0.1) is 0 Å². The Morgan fingerprint density at radius 1 is 1.07 bits per heavy atom. The first-order valence-corrected chi connectivity index (χ1v) is 11.7. The second-order valence-corrected chi connectivity index (χ2v) is 9.20. The van der Waals surface area contributed by atoms with Gasteiger partial charge in [-0.05, 0) is 48.9 Å². The summed E-state index contributed by atoms with van der Waals surface area (Å²) in [6.07, 6.45) is 2.70. The Morgan fingerprint density at radius 3 is 2.30 bits per heavy atom. The van der Waals surface area contributed by atoms with Crippen molar-refractivity contribution < 1.29 is 22.7 Å². The number of unbranched alkanes of at least 4 members (excludes halogenated alkanes) is 1. The molecule has 0 fully saturated rings. The minimum atomic E-state index is -3.75. The number of anilines is 2. The highest BCUT2D eigenvalue weighted by molar-refractivity contribution is 7.92. The number of ether oxygens (including phenoxy) is 1. The zero-order valence-corrected chi connectivity index (χ0v) is 18.9. The molecule has 0 bridgehead atoms. The van der Waals surface area contributed by atoms with E-state index in [9.17, 15) is 18.0 Å². The molecule has 0 aliphatic carbocycles. The molecule has 2 aromatic carbocycles. The fourth-order valence-corrected chi connectivity index (χ4v) is 3.59. The van der Waals surface area contributed by atoms with Crippen LogP contribution in [0.4, 0.5) is 11.4 Å². The lowest BCUT2D eigenvalue weighted by Gasteiger charge is -2.22. The van der Waals surface area contributed by atoms with Crippen molar-refractivity contribution in [1.82, 2.24) is 0 Å². The van der Waals surface area contributed by atoms with E-state index in [-0.39, 0.29) is 15.7 Å². The summed E-state index contributed by atoms with van der Waals surface area (Å²) in [5, 5.41) is 3.04. The van der Waals surface area contributed by atoms with Gasteiger partial charge in [0.05, 0.1) is 34.2 Å². The van der Waals surface area contributed by atoms with Gasteiger partial charge < -0.3 is 10.1 Å². The maximum atomic E-state index is 12.4. The van der Waals surface area contributed by atoms with Crippen LogP contribution >= 0.6 is 23.2 Å². The van der Waals surface area contributed by atoms with Gasteiger partial charge in [-0.3, -0.25) is 9.10 Å². The average Bonchev–Trinajstić information content (AvgIpc) is 2.68. The third kappa shape index (κ3) is 6.90. The molecule has 0 aromatic heterocycles. The van der Waals surface area contributed by atoms with Crippen molar-refractivity contribution in [1.29, 1.82) is 0 Å². The molecule has 0 saturated carbocycles. The van der Waals surface area contributed by atoms with Gasteiger partial charge in [0.2, 0.25) is 15.9 Å². The number of carbonyl (C=O) groups is 2. The maximum absolute atomic E-state index is 12.4. The monoisotopic (exact) mass is 472 g/mol. The third-order valence-corrected chi connectivity index (χ3v) is 5.89. The smallest absolute Gasteiger partial charge is 0.338 e. The number of sulfonamides is 1. The van der Waals surface area contributed by atoms with E-state index in [1.54, 1.807) is 0 Å². The van der Waals surface area contributed by atoms with Gasteiger partial charge in [0, 0.05) is 5.69 Å². The van der Waals surface area contributed by atoms with Crippen molar-refractivity contribution in [3.63, 3.8) is 0 Å². The molecule has 0 spiro atoms. The molecule has 30 heavy (non-hydrogen) atoms. The molecule has 0 aliphatic rings. The number of hydrogen-bond acceptors (Lipinski definition) is 5. The molecule has 0 radical (unpaired) electrons. The summed E-state index contributed by atoms with van der Waals surface area (Å²) in [6, 6.07) is 10.4. The first-order valence-electron chi connectivity index (χ1n) is 9.11. The summed E-state index contributed by atoms with van der Waals surface area (Å²) in [6.45, 7) is 1.89. The van der Waals surface area contributed by atoms with Crippen molar-refractivity contribution in [2.45, 2.75) is 19.8 Å². The van der Waals surface area contributed by atoms with Crippen molar-refractivity contribution in [3.05, 3.63) is 58.1 Å². The van der Waals surface area contributed by atoms with Crippen molar-refractivity contribution >= 4 is 56.5 Å². The number of nitrogens with one attached hydrogen (secondary N) is 1. The molecular formula is C20H22Cl2N2O5S. The molecule has 0 atom stereocenters. The first kappa shape index (κ1) is 24.0. The van der Waals surface area contributed by atoms with Gasteiger partial charge in [-0.25, -0.2) is 13.2 Å². The Balaban J connectivity index is 2.06. The number of amides is 1. The lowest BCUT2D eigenvalue weighted by Crippen LogP contribution is -2.37. The highest BCUT2D eigenvalue weighted by Crippen LogP contribution is 2.28. The molecular weight excluding hydrogens is 451 g/mol. The quantitative estimate of drug-likeness (QED) is 0.432. The minimum absolute atomic E-state index is 0.171. The molecule has 1 N–H and O–H groups in total. The van der Waals surface area contributed by atoms with Crippen LogP contribution < -0.4 is 9.62 Å². The topological polar surface area (TPSA) is 92.8 Å². The van der Waals surface area contributed by atoms with E-state index >= 15 is 0 Å². The Kier molecular flexibility index (Phi) is 8.52. The van der Waals surface area contributed by atoms with Crippen LogP contribution in [0.2, 0.25) is 10.0 Å². The summed E-state index contributed by atoms with van der Waals surface area (Å²) < 4.78 is 30.4. The summed E-state index contributed by atoms with van der Waals surface area (Å²) in [5.41, 5.74) is 0.984. The highest BCUT2D eigenvalue weighted by Gasteiger charge is 2.21. The predicted molar refractivity (Wildman–Crippen MR) is 119 cm³/mol. The molecule has 10 heteroatoms. The van der Waals surface area contributed by atoms with E-state index in [0.717, 1.165) is 23.4 Å². The summed E-state index contributed by atoms with van der Waals surface area (Å²) in [7, 11) is -3.75.